The van der Waals surface area contributed by atoms with Gasteiger partial charge in [0.15, 0.2) is 0 Å². The Hall–Kier alpha value is -1.47. The van der Waals surface area contributed by atoms with Crippen LogP contribution in [0.5, 0.6) is 0 Å². The molecule has 7 heteroatoms. The van der Waals surface area contributed by atoms with Gasteiger partial charge in [-0.15, -0.1) is 11.3 Å². The van der Waals surface area contributed by atoms with Crippen LogP contribution in [-0.4, -0.2) is 42.1 Å². The zero-order valence-electron chi connectivity index (χ0n) is 16.1. The molecule has 144 valence electrons. The third kappa shape index (κ3) is 4.43. The highest BCUT2D eigenvalue weighted by molar-refractivity contribution is 7.14. The van der Waals surface area contributed by atoms with E-state index in [9.17, 15) is 9.59 Å². The molecule has 2 fully saturated rings. The van der Waals surface area contributed by atoms with Crippen LogP contribution in [0.25, 0.3) is 0 Å². The van der Waals surface area contributed by atoms with Crippen molar-refractivity contribution in [3.63, 3.8) is 0 Å². The summed E-state index contributed by atoms with van der Waals surface area (Å²) in [6.07, 6.45) is 3.73. The van der Waals surface area contributed by atoms with E-state index in [1.807, 2.05) is 27.7 Å². The highest BCUT2D eigenvalue weighted by Gasteiger charge is 2.37. The number of thiazole rings is 1. The van der Waals surface area contributed by atoms with Crippen LogP contribution < -0.4 is 10.6 Å². The van der Waals surface area contributed by atoms with Gasteiger partial charge in [0.05, 0.1) is 16.2 Å². The molecule has 26 heavy (non-hydrogen) atoms. The Morgan fingerprint density at radius 1 is 1.27 bits per heavy atom. The minimum atomic E-state index is -0.466. The quantitative estimate of drug-likeness (QED) is 0.824. The summed E-state index contributed by atoms with van der Waals surface area (Å²) in [7, 11) is 0. The second kappa shape index (κ2) is 7.27. The van der Waals surface area contributed by atoms with Crippen molar-refractivity contribution >= 4 is 23.2 Å². The molecule has 3 rings (SSSR count). The van der Waals surface area contributed by atoms with Gasteiger partial charge in [-0.1, -0.05) is 20.8 Å². The van der Waals surface area contributed by atoms with Crippen molar-refractivity contribution in [2.75, 3.05) is 19.8 Å². The molecule has 0 bridgehead atoms. The van der Waals surface area contributed by atoms with Crippen LogP contribution in [0.1, 0.15) is 72.7 Å². The summed E-state index contributed by atoms with van der Waals surface area (Å²) in [5.41, 5.74) is -0.119. The van der Waals surface area contributed by atoms with Gasteiger partial charge in [-0.25, -0.2) is 4.98 Å². The molecule has 6 nitrogen and oxygen atoms in total. The number of nitrogens with zero attached hydrogens (tertiary/aromatic N) is 1. The fourth-order valence-electron chi connectivity index (χ4n) is 3.05. The minimum Gasteiger partial charge on any atom is -0.381 e. The first-order chi connectivity index (χ1) is 12.2. The molecule has 2 N–H and O–H groups in total. The van der Waals surface area contributed by atoms with Crippen LogP contribution in [0.2, 0.25) is 0 Å². The Bertz CT molecular complexity index is 683. The standard InChI is InChI=1S/C19H29N3O3S/c1-12-14(26-16(21-12)13-5-6-13)15(23)22-19(7-9-25-10-8-19)11-20-17(24)18(2,3)4/h13H,5-11H2,1-4H3,(H,20,24)(H,22,23). The van der Waals surface area contributed by atoms with Gasteiger partial charge in [-0.05, 0) is 32.6 Å². The molecule has 1 aromatic rings. The first-order valence-electron chi connectivity index (χ1n) is 9.36. The van der Waals surface area contributed by atoms with Gasteiger partial charge < -0.3 is 15.4 Å². The fraction of sp³-hybridized carbons (Fsp3) is 0.737. The third-order valence-electron chi connectivity index (χ3n) is 5.04. The molecule has 1 saturated carbocycles. The number of carbonyl (C=O) groups excluding carboxylic acids is 2. The van der Waals surface area contributed by atoms with Crippen LogP contribution in [-0.2, 0) is 9.53 Å². The van der Waals surface area contributed by atoms with Crippen LogP contribution in [0.4, 0.5) is 0 Å². The Balaban J connectivity index is 1.71. The number of aryl methyl sites for hydroxylation is 1. The summed E-state index contributed by atoms with van der Waals surface area (Å²) in [6, 6.07) is 0. The molecule has 2 amide bonds. The van der Waals surface area contributed by atoms with Gasteiger partial charge in [0.1, 0.15) is 4.88 Å². The maximum absolute atomic E-state index is 12.9. The Morgan fingerprint density at radius 2 is 1.92 bits per heavy atom. The minimum absolute atomic E-state index is 0.0115. The molecule has 1 aromatic heterocycles. The topological polar surface area (TPSA) is 80.3 Å². The van der Waals surface area contributed by atoms with Crippen LogP contribution in [0.3, 0.4) is 0 Å². The molecule has 2 aliphatic rings. The molecule has 0 aromatic carbocycles. The van der Waals surface area contributed by atoms with E-state index in [0.29, 0.717) is 43.4 Å². The predicted molar refractivity (Wildman–Crippen MR) is 102 cm³/mol. The third-order valence-corrected chi connectivity index (χ3v) is 6.36. The normalized spacial score (nSPS) is 19.8. The maximum atomic E-state index is 12.9. The van der Waals surface area contributed by atoms with E-state index >= 15 is 0 Å². The van der Waals surface area contributed by atoms with E-state index in [-0.39, 0.29) is 11.8 Å². The monoisotopic (exact) mass is 379 g/mol. The molecule has 0 radical (unpaired) electrons. The van der Waals surface area contributed by atoms with Crippen molar-refractivity contribution in [1.29, 1.82) is 0 Å². The first-order valence-corrected chi connectivity index (χ1v) is 10.2. The number of rotatable bonds is 5. The number of aromatic nitrogens is 1. The lowest BCUT2D eigenvalue weighted by atomic mass is 9.88. The van der Waals surface area contributed by atoms with E-state index in [1.165, 1.54) is 24.2 Å². The zero-order chi connectivity index (χ0) is 18.9. The van der Waals surface area contributed by atoms with Crippen LogP contribution in [0.15, 0.2) is 0 Å². The van der Waals surface area contributed by atoms with Crippen molar-refractivity contribution in [2.24, 2.45) is 5.41 Å². The van der Waals surface area contributed by atoms with E-state index < -0.39 is 11.0 Å². The average Bonchev–Trinajstić information content (AvgIpc) is 3.35. The van der Waals surface area contributed by atoms with Crippen LogP contribution in [0, 0.1) is 12.3 Å². The number of amides is 2. The number of ether oxygens (including phenoxy) is 1. The Kier molecular flexibility index (Phi) is 5.40. The second-order valence-corrected chi connectivity index (χ2v) is 9.55. The number of hydrogen-bond acceptors (Lipinski definition) is 5. The highest BCUT2D eigenvalue weighted by Crippen LogP contribution is 2.42. The first kappa shape index (κ1) is 19.3. The molecule has 1 aliphatic carbocycles. The number of carbonyl (C=O) groups is 2. The lowest BCUT2D eigenvalue weighted by Crippen LogP contribution is -2.59. The summed E-state index contributed by atoms with van der Waals surface area (Å²) >= 11 is 1.51. The highest BCUT2D eigenvalue weighted by atomic mass is 32.1. The maximum Gasteiger partial charge on any atom is 0.263 e. The largest absolute Gasteiger partial charge is 0.381 e. The van der Waals surface area contributed by atoms with Crippen molar-refractivity contribution in [2.45, 2.75) is 64.8 Å². The lowest BCUT2D eigenvalue weighted by molar-refractivity contribution is -0.129. The van der Waals surface area contributed by atoms with Gasteiger partial charge in [0.2, 0.25) is 5.91 Å². The zero-order valence-corrected chi connectivity index (χ0v) is 16.9. The number of hydrogen-bond donors (Lipinski definition) is 2. The summed E-state index contributed by atoms with van der Waals surface area (Å²) in [5.74, 6) is 0.449. The van der Waals surface area contributed by atoms with Gasteiger partial charge >= 0.3 is 0 Å². The van der Waals surface area contributed by atoms with Crippen molar-refractivity contribution < 1.29 is 14.3 Å². The SMILES string of the molecule is Cc1nc(C2CC2)sc1C(=O)NC1(CNC(=O)C(C)(C)C)CCOCC1. The number of nitrogens with one attached hydrogen (secondary N) is 2. The summed E-state index contributed by atoms with van der Waals surface area (Å²) in [6.45, 7) is 9.15. The van der Waals surface area contributed by atoms with Gasteiger partial charge in [-0.3, -0.25) is 9.59 Å². The molecule has 1 saturated heterocycles. The van der Waals surface area contributed by atoms with Gasteiger partial charge in [0, 0.05) is 31.1 Å². The van der Waals surface area contributed by atoms with E-state index in [4.69, 9.17) is 4.74 Å². The second-order valence-electron chi connectivity index (χ2n) is 8.52. The molecule has 2 heterocycles. The molecule has 1 aliphatic heterocycles. The van der Waals surface area contributed by atoms with Gasteiger partial charge in [-0.2, -0.15) is 0 Å². The lowest BCUT2D eigenvalue weighted by Gasteiger charge is -2.38. The Labute approximate surface area is 159 Å². The summed E-state index contributed by atoms with van der Waals surface area (Å²) in [4.78, 5) is 30.5. The molecular formula is C19H29N3O3S. The van der Waals surface area contributed by atoms with Crippen LogP contribution >= 0.6 is 11.3 Å². The molecule has 0 spiro atoms. The molecular weight excluding hydrogens is 350 g/mol. The van der Waals surface area contributed by atoms with E-state index in [1.54, 1.807) is 0 Å². The smallest absolute Gasteiger partial charge is 0.263 e. The predicted octanol–water partition coefficient (Wildman–Crippen LogP) is 2.77. The van der Waals surface area contributed by atoms with Crippen molar-refractivity contribution in [3.05, 3.63) is 15.6 Å². The molecule has 0 unspecified atom stereocenters. The summed E-state index contributed by atoms with van der Waals surface area (Å²) < 4.78 is 5.48. The van der Waals surface area contributed by atoms with Crippen molar-refractivity contribution in [3.8, 4) is 0 Å². The average molecular weight is 380 g/mol. The van der Waals surface area contributed by atoms with Crippen molar-refractivity contribution in [1.82, 2.24) is 15.6 Å². The Morgan fingerprint density at radius 3 is 2.50 bits per heavy atom. The summed E-state index contributed by atoms with van der Waals surface area (Å²) in [5, 5.41) is 7.30. The van der Waals surface area contributed by atoms with E-state index in [2.05, 4.69) is 15.6 Å². The van der Waals surface area contributed by atoms with E-state index in [0.717, 1.165) is 10.7 Å². The molecule has 0 atom stereocenters. The van der Waals surface area contributed by atoms with Gasteiger partial charge in [0.25, 0.3) is 5.91 Å². The fourth-order valence-corrected chi connectivity index (χ4v) is 4.18.